The molecule has 1 fully saturated rings. The van der Waals surface area contributed by atoms with E-state index in [1.54, 1.807) is 6.07 Å². The number of esters is 1. The second-order valence-corrected chi connectivity index (χ2v) is 6.62. The Kier molecular flexibility index (Phi) is 6.96. The molecule has 1 aromatic carbocycles. The summed E-state index contributed by atoms with van der Waals surface area (Å²) in [6.45, 7) is 1.65. The van der Waals surface area contributed by atoms with Gasteiger partial charge in [0.15, 0.2) is 6.61 Å². The fourth-order valence-electron chi connectivity index (χ4n) is 3.11. The number of ether oxygens (including phenoxy) is 2. The minimum atomic E-state index is -0.718. The van der Waals surface area contributed by atoms with Crippen molar-refractivity contribution in [3.63, 3.8) is 0 Å². The Morgan fingerprint density at radius 2 is 1.93 bits per heavy atom. The highest BCUT2D eigenvalue weighted by Gasteiger charge is 2.23. The van der Waals surface area contributed by atoms with Crippen molar-refractivity contribution >= 4 is 34.6 Å². The number of nitrogens with one attached hydrogen (secondary N) is 2. The number of nitrogens with zero attached hydrogens (tertiary/aromatic N) is 2. The van der Waals surface area contributed by atoms with E-state index in [0.717, 1.165) is 36.8 Å². The summed E-state index contributed by atoms with van der Waals surface area (Å²) < 4.78 is 9.95. The van der Waals surface area contributed by atoms with Gasteiger partial charge in [-0.25, -0.2) is 14.6 Å². The number of carbonyl (C=O) groups is 3. The fourth-order valence-corrected chi connectivity index (χ4v) is 3.11. The number of pyridine rings is 1. The number of urea groups is 1. The summed E-state index contributed by atoms with van der Waals surface area (Å²) in [7, 11) is 1.50. The van der Waals surface area contributed by atoms with Crippen LogP contribution in [0.15, 0.2) is 30.3 Å². The Labute approximate surface area is 168 Å². The summed E-state index contributed by atoms with van der Waals surface area (Å²) in [5.74, 6) is -0.811. The zero-order chi connectivity index (χ0) is 20.6. The number of benzene rings is 1. The van der Waals surface area contributed by atoms with Crippen molar-refractivity contribution in [2.75, 3.05) is 44.9 Å². The zero-order valence-electron chi connectivity index (χ0n) is 16.3. The van der Waals surface area contributed by atoms with Crippen molar-refractivity contribution in [2.24, 2.45) is 0 Å². The van der Waals surface area contributed by atoms with Gasteiger partial charge in [0.05, 0.1) is 12.1 Å². The third-order valence-electron chi connectivity index (χ3n) is 4.51. The Balaban J connectivity index is 1.67. The molecule has 1 aliphatic heterocycles. The average molecular weight is 400 g/mol. The lowest BCUT2D eigenvalue weighted by molar-refractivity contribution is -0.123. The third-order valence-corrected chi connectivity index (χ3v) is 4.51. The van der Waals surface area contributed by atoms with E-state index in [-0.39, 0.29) is 6.54 Å². The van der Waals surface area contributed by atoms with Crippen LogP contribution in [0, 0.1) is 0 Å². The molecule has 2 heterocycles. The number of methoxy groups -OCH3 is 1. The molecule has 0 spiro atoms. The lowest BCUT2D eigenvalue weighted by Crippen LogP contribution is -2.42. The van der Waals surface area contributed by atoms with Crippen LogP contribution in [0.3, 0.4) is 0 Å². The molecule has 9 nitrogen and oxygen atoms in total. The number of hydrogen-bond donors (Lipinski definition) is 2. The highest BCUT2D eigenvalue weighted by molar-refractivity contribution is 6.01. The number of anilines is 1. The predicted octanol–water partition coefficient (Wildman–Crippen LogP) is 1.46. The molecule has 1 saturated heterocycles. The van der Waals surface area contributed by atoms with E-state index in [2.05, 4.69) is 15.6 Å². The van der Waals surface area contributed by atoms with Gasteiger partial charge in [-0.1, -0.05) is 18.2 Å². The third kappa shape index (κ3) is 5.41. The first kappa shape index (κ1) is 20.5. The summed E-state index contributed by atoms with van der Waals surface area (Å²) in [4.78, 5) is 42.8. The molecule has 154 valence electrons. The van der Waals surface area contributed by atoms with Gasteiger partial charge in [-0.3, -0.25) is 10.1 Å². The number of carbonyl (C=O) groups excluding carboxylic acids is 3. The first-order chi connectivity index (χ1) is 14.1. The van der Waals surface area contributed by atoms with Gasteiger partial charge in [0.25, 0.3) is 5.91 Å². The van der Waals surface area contributed by atoms with Gasteiger partial charge in [-0.2, -0.15) is 0 Å². The van der Waals surface area contributed by atoms with Crippen LogP contribution in [-0.2, 0) is 14.3 Å². The normalized spacial score (nSPS) is 13.3. The monoisotopic (exact) mass is 400 g/mol. The largest absolute Gasteiger partial charge is 0.452 e. The highest BCUT2D eigenvalue weighted by Crippen LogP contribution is 2.27. The van der Waals surface area contributed by atoms with Crippen molar-refractivity contribution in [1.29, 1.82) is 0 Å². The molecule has 3 amide bonds. The van der Waals surface area contributed by atoms with E-state index in [9.17, 15) is 14.4 Å². The summed E-state index contributed by atoms with van der Waals surface area (Å²) >= 11 is 0. The van der Waals surface area contributed by atoms with E-state index in [1.165, 1.54) is 7.11 Å². The standard InChI is InChI=1S/C20H24N4O5/c1-28-11-8-21-20(27)23-17(25)13-29-19(26)15-12-14-6-2-3-7-16(14)22-18(15)24-9-4-5-10-24/h2-3,6-7,12H,4-5,8-11,13H2,1H3,(H2,21,23,25,27). The molecular weight excluding hydrogens is 376 g/mol. The molecule has 2 aromatic rings. The van der Waals surface area contributed by atoms with Crippen LogP contribution in [0.25, 0.3) is 10.9 Å². The second-order valence-electron chi connectivity index (χ2n) is 6.62. The molecule has 0 aliphatic carbocycles. The van der Waals surface area contributed by atoms with E-state index in [0.29, 0.717) is 18.0 Å². The quantitative estimate of drug-likeness (QED) is 0.535. The molecule has 0 saturated carbocycles. The van der Waals surface area contributed by atoms with Gasteiger partial charge in [-0.05, 0) is 25.0 Å². The van der Waals surface area contributed by atoms with E-state index in [4.69, 9.17) is 9.47 Å². The Morgan fingerprint density at radius 1 is 1.17 bits per heavy atom. The van der Waals surface area contributed by atoms with Crippen LogP contribution >= 0.6 is 0 Å². The number of rotatable bonds is 7. The summed E-state index contributed by atoms with van der Waals surface area (Å²) in [5, 5.41) is 5.35. The maximum Gasteiger partial charge on any atom is 0.342 e. The molecular formula is C20H24N4O5. The lowest BCUT2D eigenvalue weighted by Gasteiger charge is -2.20. The molecule has 1 aromatic heterocycles. The van der Waals surface area contributed by atoms with E-state index >= 15 is 0 Å². The molecule has 0 unspecified atom stereocenters. The maximum absolute atomic E-state index is 12.7. The number of fused-ring (bicyclic) bond motifs is 1. The van der Waals surface area contributed by atoms with Crippen LogP contribution in [0.5, 0.6) is 0 Å². The first-order valence-corrected chi connectivity index (χ1v) is 9.47. The minimum Gasteiger partial charge on any atom is -0.452 e. The van der Waals surface area contributed by atoms with Crippen molar-refractivity contribution in [1.82, 2.24) is 15.6 Å². The molecule has 3 rings (SSSR count). The van der Waals surface area contributed by atoms with Gasteiger partial charge in [0.1, 0.15) is 11.4 Å². The van der Waals surface area contributed by atoms with Crippen LogP contribution < -0.4 is 15.5 Å². The molecule has 29 heavy (non-hydrogen) atoms. The average Bonchev–Trinajstić information content (AvgIpc) is 3.26. The van der Waals surface area contributed by atoms with Gasteiger partial charge < -0.3 is 19.7 Å². The SMILES string of the molecule is COCCNC(=O)NC(=O)COC(=O)c1cc2ccccc2nc1N1CCCC1. The van der Waals surface area contributed by atoms with Gasteiger partial charge >= 0.3 is 12.0 Å². The predicted molar refractivity (Wildman–Crippen MR) is 107 cm³/mol. The van der Waals surface area contributed by atoms with Crippen molar-refractivity contribution in [3.8, 4) is 0 Å². The van der Waals surface area contributed by atoms with Crippen LogP contribution in [0.1, 0.15) is 23.2 Å². The summed E-state index contributed by atoms with van der Waals surface area (Å²) in [6.07, 6.45) is 2.06. The van der Waals surface area contributed by atoms with Crippen LogP contribution in [0.4, 0.5) is 10.6 Å². The number of hydrogen-bond acceptors (Lipinski definition) is 7. The van der Waals surface area contributed by atoms with Gasteiger partial charge in [0, 0.05) is 32.1 Å². The summed E-state index contributed by atoms with van der Waals surface area (Å²) in [6, 6.07) is 8.57. The number of aromatic nitrogens is 1. The van der Waals surface area contributed by atoms with Crippen LogP contribution in [-0.4, -0.2) is 62.8 Å². The zero-order valence-corrected chi connectivity index (χ0v) is 16.3. The van der Waals surface area contributed by atoms with Crippen molar-refractivity contribution < 1.29 is 23.9 Å². The number of imide groups is 1. The number of amides is 3. The number of para-hydroxylation sites is 1. The fraction of sp³-hybridized carbons (Fsp3) is 0.400. The van der Waals surface area contributed by atoms with Gasteiger partial charge in [-0.15, -0.1) is 0 Å². The molecule has 0 radical (unpaired) electrons. The highest BCUT2D eigenvalue weighted by atomic mass is 16.5. The Hall–Kier alpha value is -3.20. The van der Waals surface area contributed by atoms with Crippen LogP contribution in [0.2, 0.25) is 0 Å². The van der Waals surface area contributed by atoms with E-state index in [1.807, 2.05) is 29.2 Å². The second kappa shape index (κ2) is 9.83. The topological polar surface area (TPSA) is 110 Å². The smallest absolute Gasteiger partial charge is 0.342 e. The van der Waals surface area contributed by atoms with Crippen molar-refractivity contribution in [2.45, 2.75) is 12.8 Å². The maximum atomic E-state index is 12.7. The molecule has 2 N–H and O–H groups in total. The Morgan fingerprint density at radius 3 is 2.69 bits per heavy atom. The molecule has 9 heteroatoms. The minimum absolute atomic E-state index is 0.261. The molecule has 1 aliphatic rings. The van der Waals surface area contributed by atoms with Gasteiger partial charge in [0.2, 0.25) is 0 Å². The molecule has 0 atom stereocenters. The molecule has 0 bridgehead atoms. The first-order valence-electron chi connectivity index (χ1n) is 9.47. The Bertz CT molecular complexity index is 896. The summed E-state index contributed by atoms with van der Waals surface area (Å²) in [5.41, 5.74) is 1.10. The lowest BCUT2D eigenvalue weighted by atomic mass is 10.1. The van der Waals surface area contributed by atoms with Crippen molar-refractivity contribution in [3.05, 3.63) is 35.9 Å². The van der Waals surface area contributed by atoms with E-state index < -0.39 is 24.5 Å².